The average Bonchev–Trinajstić information content (AvgIpc) is 2.68. The summed E-state index contributed by atoms with van der Waals surface area (Å²) in [5.74, 6) is 0.847. The summed E-state index contributed by atoms with van der Waals surface area (Å²) >= 11 is 0. The molecule has 1 N–H and O–H groups in total. The van der Waals surface area contributed by atoms with E-state index >= 15 is 0 Å². The minimum Gasteiger partial charge on any atom is -0.381 e. The monoisotopic (exact) mass is 216 g/mol. The third kappa shape index (κ3) is 6.88. The van der Waals surface area contributed by atoms with Crippen molar-refractivity contribution in [1.29, 1.82) is 0 Å². The third-order valence-electron chi connectivity index (χ3n) is 2.49. The Morgan fingerprint density at radius 1 is 1.27 bits per heavy atom. The molecule has 15 heavy (non-hydrogen) atoms. The Labute approximate surface area is 95.2 Å². The van der Waals surface area contributed by atoms with Gasteiger partial charge in [0.05, 0.1) is 6.61 Å². The number of ether oxygens (including phenoxy) is 1. The zero-order valence-electron chi connectivity index (χ0n) is 10.9. The van der Waals surface area contributed by atoms with Gasteiger partial charge < -0.3 is 15.0 Å². The lowest BCUT2D eigenvalue weighted by Crippen LogP contribution is -2.40. The van der Waals surface area contributed by atoms with Crippen molar-refractivity contribution < 1.29 is 4.74 Å². The molecule has 0 aromatic heterocycles. The number of nitrogens with one attached hydrogen (secondary N) is 1. The van der Waals surface area contributed by atoms with Crippen LogP contribution in [-0.4, -0.2) is 51.8 Å². The molecular weight excluding hydrogens is 188 g/mol. The highest BCUT2D eigenvalue weighted by Gasteiger charge is 2.21. The van der Waals surface area contributed by atoms with E-state index in [0.29, 0.717) is 0 Å². The summed E-state index contributed by atoms with van der Waals surface area (Å²) in [6, 6.07) is 0. The molecule has 2 heterocycles. The summed E-state index contributed by atoms with van der Waals surface area (Å²) in [6.45, 7) is 9.96. The fourth-order valence-electron chi connectivity index (χ4n) is 1.66. The molecular formula is C12H28N2O. The summed E-state index contributed by atoms with van der Waals surface area (Å²) in [7, 11) is 3.75. The number of nitrogens with zero attached hydrogens (tertiary/aromatic N) is 1. The molecule has 2 saturated heterocycles. The van der Waals surface area contributed by atoms with Crippen molar-refractivity contribution in [3.8, 4) is 0 Å². The summed E-state index contributed by atoms with van der Waals surface area (Å²) in [5.41, 5.74) is 0. The first-order chi connectivity index (χ1) is 7.36. The van der Waals surface area contributed by atoms with Gasteiger partial charge in [-0.25, -0.2) is 0 Å². The van der Waals surface area contributed by atoms with Gasteiger partial charge >= 0.3 is 0 Å². The highest BCUT2D eigenvalue weighted by atomic mass is 16.5. The molecule has 92 valence electrons. The Kier molecular flexibility index (Phi) is 10.3. The summed E-state index contributed by atoms with van der Waals surface area (Å²) in [5, 5.41) is 2.75. The van der Waals surface area contributed by atoms with E-state index in [1.807, 2.05) is 27.9 Å². The maximum Gasteiger partial charge on any atom is 0.0507 e. The molecule has 0 aromatic carbocycles. The summed E-state index contributed by atoms with van der Waals surface area (Å²) < 4.78 is 5.30. The molecule has 2 aliphatic rings. The Bertz CT molecular complexity index is 121. The molecule has 2 rings (SSSR count). The second kappa shape index (κ2) is 10.4. The molecule has 1 unspecified atom stereocenters. The van der Waals surface area contributed by atoms with Gasteiger partial charge in [-0.3, -0.25) is 0 Å². The van der Waals surface area contributed by atoms with E-state index in [1.165, 1.54) is 32.5 Å². The number of hydrogen-bond acceptors (Lipinski definition) is 3. The van der Waals surface area contributed by atoms with Crippen LogP contribution in [0.1, 0.15) is 26.7 Å². The molecule has 0 spiro atoms. The second-order valence-electron chi connectivity index (χ2n) is 3.88. The smallest absolute Gasteiger partial charge is 0.0507 e. The number of hydrogen-bond donors (Lipinski definition) is 1. The predicted octanol–water partition coefficient (Wildman–Crippen LogP) is 1.59. The van der Waals surface area contributed by atoms with Crippen LogP contribution in [0.25, 0.3) is 0 Å². The van der Waals surface area contributed by atoms with Crippen molar-refractivity contribution in [3.63, 3.8) is 0 Å². The zero-order valence-corrected chi connectivity index (χ0v) is 10.9. The van der Waals surface area contributed by atoms with E-state index in [1.54, 1.807) is 0 Å². The molecule has 0 bridgehead atoms. The lowest BCUT2D eigenvalue weighted by molar-refractivity contribution is 0.133. The quantitative estimate of drug-likeness (QED) is 0.758. The van der Waals surface area contributed by atoms with Crippen LogP contribution in [0, 0.1) is 5.92 Å². The van der Waals surface area contributed by atoms with Crippen molar-refractivity contribution >= 4 is 0 Å². The van der Waals surface area contributed by atoms with E-state index in [0.717, 1.165) is 19.1 Å². The van der Waals surface area contributed by atoms with Gasteiger partial charge in [0.2, 0.25) is 0 Å². The first-order valence-electron chi connectivity index (χ1n) is 6.25. The Morgan fingerprint density at radius 2 is 1.87 bits per heavy atom. The molecule has 0 saturated carbocycles. The van der Waals surface area contributed by atoms with Gasteiger partial charge in [-0.05, 0) is 45.9 Å². The van der Waals surface area contributed by atoms with Crippen molar-refractivity contribution in [2.75, 3.05) is 46.9 Å². The van der Waals surface area contributed by atoms with Crippen molar-refractivity contribution in [2.24, 2.45) is 5.92 Å². The van der Waals surface area contributed by atoms with Crippen LogP contribution >= 0.6 is 0 Å². The molecule has 0 aliphatic carbocycles. The molecule has 0 radical (unpaired) electrons. The number of likely N-dealkylation sites (tertiary alicyclic amines) is 1. The van der Waals surface area contributed by atoms with Crippen LogP contribution in [0.4, 0.5) is 0 Å². The third-order valence-corrected chi connectivity index (χ3v) is 2.49. The Hall–Kier alpha value is -0.120. The topological polar surface area (TPSA) is 24.5 Å². The highest BCUT2D eigenvalue weighted by Crippen LogP contribution is 2.16. The van der Waals surface area contributed by atoms with Crippen LogP contribution in [0.2, 0.25) is 0 Å². The van der Waals surface area contributed by atoms with Crippen LogP contribution in [0.3, 0.4) is 0 Å². The van der Waals surface area contributed by atoms with E-state index in [2.05, 4.69) is 10.2 Å². The van der Waals surface area contributed by atoms with Gasteiger partial charge in [0.15, 0.2) is 0 Å². The molecule has 3 nitrogen and oxygen atoms in total. The first-order valence-corrected chi connectivity index (χ1v) is 6.25. The van der Waals surface area contributed by atoms with Crippen LogP contribution in [0.5, 0.6) is 0 Å². The molecule has 1 atom stereocenters. The van der Waals surface area contributed by atoms with Gasteiger partial charge in [-0.2, -0.15) is 0 Å². The normalized spacial score (nSPS) is 24.4. The minimum absolute atomic E-state index is 0.847. The predicted molar refractivity (Wildman–Crippen MR) is 66.3 cm³/mol. The lowest BCUT2D eigenvalue weighted by Gasteiger charge is -2.32. The average molecular weight is 216 g/mol. The molecule has 0 aromatic rings. The van der Waals surface area contributed by atoms with Gasteiger partial charge in [0.25, 0.3) is 0 Å². The van der Waals surface area contributed by atoms with Crippen LogP contribution in [0.15, 0.2) is 0 Å². The van der Waals surface area contributed by atoms with Crippen LogP contribution in [-0.2, 0) is 4.74 Å². The fourth-order valence-corrected chi connectivity index (χ4v) is 1.66. The fraction of sp³-hybridized carbons (Fsp3) is 1.00. The molecule has 3 heteroatoms. The minimum atomic E-state index is 0.847. The Morgan fingerprint density at radius 3 is 2.20 bits per heavy atom. The SMILES string of the molecule is C1CN(CC2CCOC2)C1.CC.CNC. The van der Waals surface area contributed by atoms with Crippen molar-refractivity contribution in [2.45, 2.75) is 26.7 Å². The second-order valence-corrected chi connectivity index (χ2v) is 3.88. The van der Waals surface area contributed by atoms with Gasteiger partial charge in [0, 0.05) is 13.2 Å². The molecule has 2 aliphatic heterocycles. The maximum atomic E-state index is 5.30. The molecule has 2 fully saturated rings. The standard InChI is InChI=1S/C8H15NO.C2H7N.C2H6/c1-3-9(4-1)6-8-2-5-10-7-8;1-3-2;1-2/h8H,1-7H2;3H,1-2H3;1-2H3. The molecule has 0 amide bonds. The van der Waals surface area contributed by atoms with E-state index in [-0.39, 0.29) is 0 Å². The maximum absolute atomic E-state index is 5.30. The highest BCUT2D eigenvalue weighted by molar-refractivity contribution is 4.74. The van der Waals surface area contributed by atoms with Gasteiger partial charge in [-0.1, -0.05) is 13.8 Å². The first kappa shape index (κ1) is 14.9. The van der Waals surface area contributed by atoms with Gasteiger partial charge in [0.1, 0.15) is 0 Å². The Balaban J connectivity index is 0.000000342. The van der Waals surface area contributed by atoms with Crippen molar-refractivity contribution in [3.05, 3.63) is 0 Å². The summed E-state index contributed by atoms with van der Waals surface area (Å²) in [4.78, 5) is 2.53. The number of rotatable bonds is 2. The summed E-state index contributed by atoms with van der Waals surface area (Å²) in [6.07, 6.45) is 2.70. The van der Waals surface area contributed by atoms with Crippen molar-refractivity contribution in [1.82, 2.24) is 10.2 Å². The van der Waals surface area contributed by atoms with Crippen LogP contribution < -0.4 is 5.32 Å². The van der Waals surface area contributed by atoms with E-state index in [9.17, 15) is 0 Å². The van der Waals surface area contributed by atoms with Gasteiger partial charge in [-0.15, -0.1) is 0 Å². The van der Waals surface area contributed by atoms with E-state index < -0.39 is 0 Å². The van der Waals surface area contributed by atoms with E-state index in [4.69, 9.17) is 4.74 Å². The lowest BCUT2D eigenvalue weighted by atomic mass is 10.1. The largest absolute Gasteiger partial charge is 0.381 e. The zero-order chi connectivity index (χ0) is 11.5.